The summed E-state index contributed by atoms with van der Waals surface area (Å²) in [4.78, 5) is 10.7. The van der Waals surface area contributed by atoms with Gasteiger partial charge in [-0.3, -0.25) is 10.1 Å². The van der Waals surface area contributed by atoms with Crippen LogP contribution in [0.1, 0.15) is 10.8 Å². The van der Waals surface area contributed by atoms with Gasteiger partial charge in [0.15, 0.2) is 0 Å². The van der Waals surface area contributed by atoms with E-state index >= 15 is 0 Å². The minimum absolute atomic E-state index is 0.0137. The van der Waals surface area contributed by atoms with Crippen LogP contribution in [0.15, 0.2) is 29.8 Å². The van der Waals surface area contributed by atoms with Gasteiger partial charge in [0.05, 0.1) is 4.92 Å². The lowest BCUT2D eigenvalue weighted by molar-refractivity contribution is -0.431. The van der Waals surface area contributed by atoms with E-state index in [1.807, 2.05) is 6.26 Å². The van der Waals surface area contributed by atoms with Crippen molar-refractivity contribution >= 4 is 23.4 Å². The Balaban J connectivity index is 2.59. The number of hydrogen-bond donors (Lipinski definition) is 1. The third-order valence-corrected chi connectivity index (χ3v) is 3.79. The summed E-state index contributed by atoms with van der Waals surface area (Å²) < 4.78 is 5.50. The Morgan fingerprint density at radius 1 is 1.56 bits per heavy atom. The molecule has 1 N–H and O–H groups in total. The molecule has 1 aliphatic heterocycles. The highest BCUT2D eigenvalue weighted by molar-refractivity contribution is 7.99. The van der Waals surface area contributed by atoms with Crippen molar-refractivity contribution in [2.75, 3.05) is 13.3 Å². The molecular weight excluding hydrogens is 276 g/mol. The average molecular weight is 287 g/mol. The predicted molar refractivity (Wildman–Crippen MR) is 71.4 cm³/mol. The van der Waals surface area contributed by atoms with Gasteiger partial charge in [-0.25, -0.2) is 0 Å². The van der Waals surface area contributed by atoms with Gasteiger partial charge in [-0.2, -0.15) is 0 Å². The highest BCUT2D eigenvalue weighted by Crippen LogP contribution is 2.45. The fraction of sp³-hybridized carbons (Fsp3) is 0.273. The van der Waals surface area contributed by atoms with Gasteiger partial charge in [0.1, 0.15) is 11.0 Å². The Hall–Kier alpha value is -1.40. The number of benzene rings is 1. The number of hydrogen-bond acceptors (Lipinski definition) is 5. The van der Waals surface area contributed by atoms with Crippen LogP contribution in [0.2, 0.25) is 5.02 Å². The minimum Gasteiger partial charge on any atom is -0.435 e. The van der Waals surface area contributed by atoms with E-state index in [9.17, 15) is 10.1 Å². The van der Waals surface area contributed by atoms with Gasteiger partial charge in [0, 0.05) is 17.6 Å². The molecule has 0 saturated carbocycles. The lowest BCUT2D eigenvalue weighted by atomic mass is 10.1. The summed E-state index contributed by atoms with van der Waals surface area (Å²) in [6.07, 6.45) is 1.82. The Morgan fingerprint density at radius 2 is 2.28 bits per heavy atom. The second kappa shape index (κ2) is 5.07. The SMILES string of the molecule is CNC1=C([N+](=O)[O-])C(SC)c2cc(Cl)ccc2O1. The number of halogens is 1. The molecule has 1 aromatic carbocycles. The molecule has 0 spiro atoms. The second-order valence-electron chi connectivity index (χ2n) is 3.62. The van der Waals surface area contributed by atoms with Gasteiger partial charge in [-0.05, 0) is 24.5 Å². The van der Waals surface area contributed by atoms with Crippen molar-refractivity contribution in [2.24, 2.45) is 0 Å². The van der Waals surface area contributed by atoms with Gasteiger partial charge in [-0.1, -0.05) is 11.6 Å². The summed E-state index contributed by atoms with van der Waals surface area (Å²) in [6.45, 7) is 0. The minimum atomic E-state index is -0.420. The fourth-order valence-electron chi connectivity index (χ4n) is 1.84. The molecule has 0 amide bonds. The predicted octanol–water partition coefficient (Wildman–Crippen LogP) is 2.80. The van der Waals surface area contributed by atoms with E-state index in [0.29, 0.717) is 10.8 Å². The van der Waals surface area contributed by atoms with E-state index in [4.69, 9.17) is 16.3 Å². The lowest BCUT2D eigenvalue weighted by Crippen LogP contribution is -2.26. The molecule has 1 aliphatic rings. The van der Waals surface area contributed by atoms with Gasteiger partial charge < -0.3 is 10.1 Å². The van der Waals surface area contributed by atoms with Crippen molar-refractivity contribution < 1.29 is 9.66 Å². The third-order valence-electron chi connectivity index (χ3n) is 2.61. The molecule has 0 saturated heterocycles. The number of nitro groups is 1. The zero-order valence-electron chi connectivity index (χ0n) is 9.77. The molecular formula is C11H11ClN2O3S. The molecule has 5 nitrogen and oxygen atoms in total. The Morgan fingerprint density at radius 3 is 2.83 bits per heavy atom. The summed E-state index contributed by atoms with van der Waals surface area (Å²) in [5, 5.41) is 14.0. The molecule has 0 aromatic heterocycles. The van der Waals surface area contributed by atoms with Gasteiger partial charge >= 0.3 is 5.70 Å². The Bertz CT molecular complexity index is 533. The van der Waals surface area contributed by atoms with Crippen LogP contribution in [0, 0.1) is 10.1 Å². The maximum absolute atomic E-state index is 11.2. The van der Waals surface area contributed by atoms with Crippen molar-refractivity contribution in [1.29, 1.82) is 0 Å². The van der Waals surface area contributed by atoms with Crippen LogP contribution in [0.4, 0.5) is 0 Å². The van der Waals surface area contributed by atoms with E-state index < -0.39 is 10.2 Å². The average Bonchev–Trinajstić information content (AvgIpc) is 2.36. The van der Waals surface area contributed by atoms with Crippen LogP contribution in [-0.2, 0) is 0 Å². The van der Waals surface area contributed by atoms with Crippen molar-refractivity contribution in [2.45, 2.75) is 5.25 Å². The fourth-order valence-corrected chi connectivity index (χ4v) is 2.88. The maximum atomic E-state index is 11.2. The zero-order chi connectivity index (χ0) is 13.3. The quantitative estimate of drug-likeness (QED) is 0.684. The van der Waals surface area contributed by atoms with E-state index in [-0.39, 0.29) is 11.6 Å². The first-order chi connectivity index (χ1) is 8.58. The third kappa shape index (κ3) is 2.13. The maximum Gasteiger partial charge on any atom is 0.322 e. The second-order valence-corrected chi connectivity index (χ2v) is 5.00. The number of ether oxygens (including phenoxy) is 1. The summed E-state index contributed by atoms with van der Waals surface area (Å²) in [5.74, 6) is 0.767. The smallest absolute Gasteiger partial charge is 0.322 e. The molecule has 1 aromatic rings. The normalized spacial score (nSPS) is 18.1. The first-order valence-corrected chi connectivity index (χ1v) is 6.81. The van der Waals surface area contributed by atoms with Crippen LogP contribution in [0.25, 0.3) is 0 Å². The van der Waals surface area contributed by atoms with Gasteiger partial charge in [-0.15, -0.1) is 11.8 Å². The molecule has 18 heavy (non-hydrogen) atoms. The molecule has 0 aliphatic carbocycles. The summed E-state index contributed by atoms with van der Waals surface area (Å²) in [6, 6.07) is 5.12. The van der Waals surface area contributed by atoms with E-state index in [1.165, 1.54) is 11.8 Å². The number of nitrogens with zero attached hydrogens (tertiary/aromatic N) is 1. The molecule has 0 radical (unpaired) electrons. The molecule has 2 rings (SSSR count). The van der Waals surface area contributed by atoms with Crippen LogP contribution in [-0.4, -0.2) is 18.2 Å². The Kier molecular flexibility index (Phi) is 3.68. The van der Waals surface area contributed by atoms with E-state index in [0.717, 1.165) is 5.56 Å². The van der Waals surface area contributed by atoms with Crippen molar-refractivity contribution in [3.8, 4) is 5.75 Å². The summed E-state index contributed by atoms with van der Waals surface area (Å²) in [5.41, 5.74) is 0.737. The van der Waals surface area contributed by atoms with Gasteiger partial charge in [0.25, 0.3) is 5.88 Å². The molecule has 1 heterocycles. The largest absolute Gasteiger partial charge is 0.435 e. The zero-order valence-corrected chi connectivity index (χ0v) is 11.3. The monoisotopic (exact) mass is 286 g/mol. The number of thioether (sulfide) groups is 1. The van der Waals surface area contributed by atoms with Crippen LogP contribution in [0.5, 0.6) is 5.75 Å². The molecule has 0 bridgehead atoms. The van der Waals surface area contributed by atoms with Crippen molar-refractivity contribution in [1.82, 2.24) is 5.32 Å². The van der Waals surface area contributed by atoms with Crippen molar-refractivity contribution in [3.63, 3.8) is 0 Å². The standard InChI is InChI=1S/C11H11ClN2O3S/c1-13-11-9(14(15)16)10(18-2)7-5-6(12)3-4-8(7)17-11/h3-5,10,13H,1-2H3. The molecule has 1 unspecified atom stereocenters. The number of nitrogens with one attached hydrogen (secondary N) is 1. The van der Waals surface area contributed by atoms with Crippen molar-refractivity contribution in [3.05, 3.63) is 50.5 Å². The van der Waals surface area contributed by atoms with Crippen LogP contribution < -0.4 is 10.1 Å². The van der Waals surface area contributed by atoms with E-state index in [1.54, 1.807) is 25.2 Å². The number of rotatable bonds is 3. The summed E-state index contributed by atoms with van der Waals surface area (Å²) in [7, 11) is 1.59. The Labute approximate surface area is 113 Å². The highest BCUT2D eigenvalue weighted by atomic mass is 35.5. The first-order valence-electron chi connectivity index (χ1n) is 5.15. The summed E-state index contributed by atoms with van der Waals surface area (Å²) >= 11 is 7.30. The molecule has 1 atom stereocenters. The molecule has 96 valence electrons. The van der Waals surface area contributed by atoms with Crippen LogP contribution >= 0.6 is 23.4 Å². The number of fused-ring (bicyclic) bond motifs is 1. The topological polar surface area (TPSA) is 64.4 Å². The van der Waals surface area contributed by atoms with E-state index in [2.05, 4.69) is 5.32 Å². The lowest BCUT2D eigenvalue weighted by Gasteiger charge is -2.24. The highest BCUT2D eigenvalue weighted by Gasteiger charge is 2.37. The first kappa shape index (κ1) is 13.0. The molecule has 7 heteroatoms. The van der Waals surface area contributed by atoms with Gasteiger partial charge in [0.2, 0.25) is 0 Å². The van der Waals surface area contributed by atoms with Crippen LogP contribution in [0.3, 0.4) is 0 Å². The molecule has 0 fully saturated rings.